The van der Waals surface area contributed by atoms with E-state index in [9.17, 15) is 9.18 Å². The molecule has 0 amide bonds. The number of hydrogen-bond donors (Lipinski definition) is 2. The monoisotopic (exact) mass is 254 g/mol. The van der Waals surface area contributed by atoms with Gasteiger partial charge in [-0.2, -0.15) is 0 Å². The highest BCUT2D eigenvalue weighted by Crippen LogP contribution is 2.25. The number of pyridine rings is 1. The van der Waals surface area contributed by atoms with Gasteiger partial charge >= 0.3 is 5.97 Å². The molecule has 0 saturated heterocycles. The van der Waals surface area contributed by atoms with Gasteiger partial charge in [0, 0.05) is 13.2 Å². The quantitative estimate of drug-likeness (QED) is 0.858. The summed E-state index contributed by atoms with van der Waals surface area (Å²) in [6.45, 7) is 0. The van der Waals surface area contributed by atoms with Gasteiger partial charge in [0.1, 0.15) is 17.2 Å². The van der Waals surface area contributed by atoms with E-state index in [-0.39, 0.29) is 23.5 Å². The van der Waals surface area contributed by atoms with Crippen LogP contribution in [0.5, 0.6) is 0 Å². The van der Waals surface area contributed by atoms with Crippen LogP contribution in [0.2, 0.25) is 0 Å². The normalized spacial score (nSPS) is 23.0. The molecule has 1 saturated carbocycles. The molecule has 1 aromatic heterocycles. The molecule has 18 heavy (non-hydrogen) atoms. The minimum Gasteiger partial charge on any atom is -0.478 e. The van der Waals surface area contributed by atoms with Gasteiger partial charge in [-0.3, -0.25) is 0 Å². The van der Waals surface area contributed by atoms with Crippen LogP contribution in [0, 0.1) is 5.82 Å². The fourth-order valence-electron chi connectivity index (χ4n) is 2.20. The van der Waals surface area contributed by atoms with Gasteiger partial charge in [-0.25, -0.2) is 14.2 Å². The van der Waals surface area contributed by atoms with Gasteiger partial charge in [-0.05, 0) is 25.3 Å². The van der Waals surface area contributed by atoms with Gasteiger partial charge in [0.2, 0.25) is 0 Å². The van der Waals surface area contributed by atoms with Crippen molar-refractivity contribution in [3.63, 3.8) is 0 Å². The summed E-state index contributed by atoms with van der Waals surface area (Å²) in [5.41, 5.74) is -0.143. The Morgan fingerprint density at radius 3 is 3.00 bits per heavy atom. The Labute approximate surface area is 104 Å². The average Bonchev–Trinajstić information content (AvgIpc) is 2.79. The summed E-state index contributed by atoms with van der Waals surface area (Å²) in [4.78, 5) is 14.8. The molecule has 0 radical (unpaired) electrons. The molecular weight excluding hydrogens is 239 g/mol. The van der Waals surface area contributed by atoms with Crippen LogP contribution in [0.1, 0.15) is 29.6 Å². The summed E-state index contributed by atoms with van der Waals surface area (Å²) < 4.78 is 18.2. The number of aromatic nitrogens is 1. The first-order chi connectivity index (χ1) is 8.60. The van der Waals surface area contributed by atoms with Gasteiger partial charge < -0.3 is 15.2 Å². The number of hydrogen-bond acceptors (Lipinski definition) is 4. The third kappa shape index (κ3) is 2.76. The van der Waals surface area contributed by atoms with Gasteiger partial charge in [-0.1, -0.05) is 0 Å². The largest absolute Gasteiger partial charge is 0.478 e. The highest BCUT2D eigenvalue weighted by atomic mass is 19.1. The lowest BCUT2D eigenvalue weighted by Gasteiger charge is -2.15. The first-order valence-electron chi connectivity index (χ1n) is 5.78. The predicted molar refractivity (Wildman–Crippen MR) is 63.2 cm³/mol. The molecule has 0 bridgehead atoms. The lowest BCUT2D eigenvalue weighted by Crippen LogP contribution is -2.20. The van der Waals surface area contributed by atoms with Crippen molar-refractivity contribution in [2.24, 2.45) is 0 Å². The second-order valence-electron chi connectivity index (χ2n) is 4.37. The summed E-state index contributed by atoms with van der Waals surface area (Å²) in [6, 6.07) is 1.09. The first-order valence-corrected chi connectivity index (χ1v) is 5.78. The number of nitrogens with one attached hydrogen (secondary N) is 1. The Balaban J connectivity index is 2.12. The SMILES string of the molecule is COC1CCC(Nc2ncc(F)cc2C(=O)O)C1. The van der Waals surface area contributed by atoms with Crippen LogP contribution in [0.4, 0.5) is 10.2 Å². The number of carbonyl (C=O) groups is 1. The molecule has 6 heteroatoms. The maximum absolute atomic E-state index is 13.0. The van der Waals surface area contributed by atoms with Crippen LogP contribution in [-0.4, -0.2) is 35.3 Å². The summed E-state index contributed by atoms with van der Waals surface area (Å²) in [7, 11) is 1.66. The van der Waals surface area contributed by atoms with Crippen LogP contribution in [-0.2, 0) is 4.74 Å². The van der Waals surface area contributed by atoms with Crippen LogP contribution >= 0.6 is 0 Å². The maximum atomic E-state index is 13.0. The molecule has 1 aliphatic carbocycles. The van der Waals surface area contributed by atoms with Crippen LogP contribution in [0.25, 0.3) is 0 Å². The fraction of sp³-hybridized carbons (Fsp3) is 0.500. The van der Waals surface area contributed by atoms with Gasteiger partial charge in [0.15, 0.2) is 0 Å². The minimum absolute atomic E-state index is 0.117. The molecule has 1 heterocycles. The van der Waals surface area contributed by atoms with Crippen molar-refractivity contribution >= 4 is 11.8 Å². The molecule has 0 aliphatic heterocycles. The summed E-state index contributed by atoms with van der Waals surface area (Å²) in [5.74, 6) is -1.63. The number of anilines is 1. The number of carboxylic acids is 1. The molecular formula is C12H15FN2O3. The third-order valence-corrected chi connectivity index (χ3v) is 3.14. The average molecular weight is 254 g/mol. The van der Waals surface area contributed by atoms with Crippen molar-refractivity contribution in [1.82, 2.24) is 4.98 Å². The van der Waals surface area contributed by atoms with Crippen molar-refractivity contribution in [3.05, 3.63) is 23.6 Å². The maximum Gasteiger partial charge on any atom is 0.339 e. The second-order valence-corrected chi connectivity index (χ2v) is 4.37. The topological polar surface area (TPSA) is 71.5 Å². The second kappa shape index (κ2) is 5.30. The van der Waals surface area contributed by atoms with E-state index in [2.05, 4.69) is 10.3 Å². The van der Waals surface area contributed by atoms with E-state index in [1.54, 1.807) is 7.11 Å². The molecule has 1 fully saturated rings. The zero-order valence-electron chi connectivity index (χ0n) is 10.0. The van der Waals surface area contributed by atoms with Crippen molar-refractivity contribution in [2.45, 2.75) is 31.4 Å². The highest BCUT2D eigenvalue weighted by Gasteiger charge is 2.26. The van der Waals surface area contributed by atoms with Crippen molar-refractivity contribution in [1.29, 1.82) is 0 Å². The highest BCUT2D eigenvalue weighted by molar-refractivity contribution is 5.93. The lowest BCUT2D eigenvalue weighted by atomic mass is 10.2. The summed E-state index contributed by atoms with van der Waals surface area (Å²) >= 11 is 0. The first kappa shape index (κ1) is 12.8. The van der Waals surface area contributed by atoms with Crippen LogP contribution < -0.4 is 5.32 Å². The third-order valence-electron chi connectivity index (χ3n) is 3.14. The van der Waals surface area contributed by atoms with Crippen LogP contribution in [0.3, 0.4) is 0 Å². The number of ether oxygens (including phenoxy) is 1. The van der Waals surface area contributed by atoms with E-state index in [4.69, 9.17) is 9.84 Å². The van der Waals surface area contributed by atoms with Crippen LogP contribution in [0.15, 0.2) is 12.3 Å². The molecule has 0 spiro atoms. The van der Waals surface area contributed by atoms with Crippen molar-refractivity contribution in [2.75, 3.05) is 12.4 Å². The number of rotatable bonds is 4. The Morgan fingerprint density at radius 2 is 2.39 bits per heavy atom. The summed E-state index contributed by atoms with van der Waals surface area (Å²) in [5, 5.41) is 12.0. The molecule has 2 unspecified atom stereocenters. The zero-order valence-corrected chi connectivity index (χ0v) is 10.0. The Bertz CT molecular complexity index is 453. The minimum atomic E-state index is -1.19. The van der Waals surface area contributed by atoms with E-state index in [1.807, 2.05) is 0 Å². The zero-order chi connectivity index (χ0) is 13.1. The molecule has 5 nitrogen and oxygen atoms in total. The van der Waals surface area contributed by atoms with E-state index in [1.165, 1.54) is 0 Å². The number of methoxy groups -OCH3 is 1. The fourth-order valence-corrected chi connectivity index (χ4v) is 2.20. The van der Waals surface area contributed by atoms with E-state index in [0.717, 1.165) is 31.5 Å². The molecule has 2 atom stereocenters. The van der Waals surface area contributed by atoms with E-state index >= 15 is 0 Å². The molecule has 98 valence electrons. The van der Waals surface area contributed by atoms with Gasteiger partial charge in [-0.15, -0.1) is 0 Å². The molecule has 1 aromatic rings. The summed E-state index contributed by atoms with van der Waals surface area (Å²) in [6.07, 6.45) is 3.82. The van der Waals surface area contributed by atoms with Crippen molar-refractivity contribution in [3.8, 4) is 0 Å². The number of nitrogens with zero attached hydrogens (tertiary/aromatic N) is 1. The Hall–Kier alpha value is -1.69. The van der Waals surface area contributed by atoms with Crippen molar-refractivity contribution < 1.29 is 19.0 Å². The standard InChI is InChI=1S/C12H15FN2O3/c1-18-9-3-2-8(5-9)15-11-10(12(16)17)4-7(13)6-14-11/h4,6,8-9H,2-3,5H2,1H3,(H,14,15)(H,16,17). The Kier molecular flexibility index (Phi) is 3.76. The number of carboxylic acid groups (broad SMARTS) is 1. The molecule has 2 rings (SSSR count). The lowest BCUT2D eigenvalue weighted by molar-refractivity contribution is 0.0697. The number of halogens is 1. The molecule has 1 aliphatic rings. The van der Waals surface area contributed by atoms with Gasteiger partial charge in [0.05, 0.1) is 12.3 Å². The Morgan fingerprint density at radius 1 is 1.61 bits per heavy atom. The smallest absolute Gasteiger partial charge is 0.339 e. The van der Waals surface area contributed by atoms with E-state index in [0.29, 0.717) is 0 Å². The van der Waals surface area contributed by atoms with Gasteiger partial charge in [0.25, 0.3) is 0 Å². The molecule has 0 aromatic carbocycles. The molecule has 2 N–H and O–H groups in total. The predicted octanol–water partition coefficient (Wildman–Crippen LogP) is 1.90. The number of aromatic carboxylic acids is 1. The van der Waals surface area contributed by atoms with E-state index < -0.39 is 11.8 Å².